The van der Waals surface area contributed by atoms with Crippen LogP contribution in [0.4, 0.5) is 0 Å². The maximum Gasteiger partial charge on any atom is 0.216 e. The normalized spacial score (nSPS) is 13.0. The molecule has 0 spiro atoms. The monoisotopic (exact) mass is 206 g/mol. The van der Waals surface area contributed by atoms with Gasteiger partial charge in [0.15, 0.2) is 0 Å². The number of nitro groups is 1. The van der Waals surface area contributed by atoms with E-state index in [1.807, 2.05) is 0 Å². The average molecular weight is 206 g/mol. The van der Waals surface area contributed by atoms with Crippen molar-refractivity contribution in [3.8, 4) is 0 Å². The summed E-state index contributed by atoms with van der Waals surface area (Å²) in [5.74, 6) is 0. The summed E-state index contributed by atoms with van der Waals surface area (Å²) in [6, 6.07) is 0. The fourth-order valence-electron chi connectivity index (χ4n) is 1.08. The van der Waals surface area contributed by atoms with Crippen molar-refractivity contribution < 1.29 is 4.92 Å². The maximum atomic E-state index is 10.6. The molecule has 3 nitrogen and oxygen atoms in total. The van der Waals surface area contributed by atoms with Gasteiger partial charge < -0.3 is 0 Å². The Hall–Kier alpha value is -0.170. The molecule has 13 heavy (non-hydrogen) atoms. The highest BCUT2D eigenvalue weighted by molar-refractivity contribution is 7.73. The van der Waals surface area contributed by atoms with Gasteiger partial charge in [0.1, 0.15) is 0 Å². The van der Waals surface area contributed by atoms with E-state index in [4.69, 9.17) is 0 Å². The fraction of sp³-hybridized carbons (Fsp3) is 1.00. The van der Waals surface area contributed by atoms with Crippen molar-refractivity contribution in [1.82, 2.24) is 0 Å². The molecular formula is C9H21NO2P+. The smallest absolute Gasteiger partial charge is 0.216 e. The first-order chi connectivity index (χ1) is 5.65. The second-order valence-electron chi connectivity index (χ2n) is 5.19. The molecule has 0 aliphatic heterocycles. The van der Waals surface area contributed by atoms with E-state index in [2.05, 4.69) is 20.0 Å². The van der Waals surface area contributed by atoms with Crippen LogP contribution in [0.15, 0.2) is 0 Å². The van der Waals surface area contributed by atoms with Gasteiger partial charge in [-0.05, 0) is 6.42 Å². The highest BCUT2D eigenvalue weighted by atomic mass is 31.2. The van der Waals surface area contributed by atoms with Gasteiger partial charge in [-0.15, -0.1) is 0 Å². The molecule has 4 heteroatoms. The topological polar surface area (TPSA) is 43.1 Å². The predicted octanol–water partition coefficient (Wildman–Crippen LogP) is 2.73. The van der Waals surface area contributed by atoms with E-state index >= 15 is 0 Å². The Bertz CT molecular complexity index is 185. The highest BCUT2D eigenvalue weighted by Crippen LogP contribution is 2.47. The van der Waals surface area contributed by atoms with Crippen LogP contribution in [0, 0.1) is 10.1 Å². The van der Waals surface area contributed by atoms with E-state index in [0.29, 0.717) is 6.42 Å². The quantitative estimate of drug-likeness (QED) is 0.394. The highest BCUT2D eigenvalue weighted by Gasteiger charge is 2.31. The van der Waals surface area contributed by atoms with Crippen molar-refractivity contribution in [3.05, 3.63) is 10.1 Å². The van der Waals surface area contributed by atoms with Crippen molar-refractivity contribution in [2.75, 3.05) is 26.2 Å². The van der Waals surface area contributed by atoms with Gasteiger partial charge in [-0.3, -0.25) is 10.1 Å². The summed E-state index contributed by atoms with van der Waals surface area (Å²) in [6.07, 6.45) is 2.83. The third kappa shape index (κ3) is 5.98. The maximum absolute atomic E-state index is 10.6. The van der Waals surface area contributed by atoms with Crippen molar-refractivity contribution in [1.29, 1.82) is 0 Å². The van der Waals surface area contributed by atoms with Crippen molar-refractivity contribution in [3.63, 3.8) is 0 Å². The van der Waals surface area contributed by atoms with Gasteiger partial charge in [-0.1, -0.05) is 0 Å². The molecule has 78 valence electrons. The minimum absolute atomic E-state index is 0.173. The molecular weight excluding hydrogens is 185 g/mol. The van der Waals surface area contributed by atoms with E-state index in [1.165, 1.54) is 0 Å². The van der Waals surface area contributed by atoms with Crippen LogP contribution in [0.3, 0.4) is 0 Å². The van der Waals surface area contributed by atoms with Crippen molar-refractivity contribution in [2.45, 2.75) is 32.2 Å². The molecule has 0 atom stereocenters. The number of hydrogen-bond donors (Lipinski definition) is 0. The van der Waals surface area contributed by atoms with Gasteiger partial charge in [0.25, 0.3) is 0 Å². The molecule has 0 fully saturated rings. The van der Waals surface area contributed by atoms with E-state index in [1.54, 1.807) is 13.8 Å². The molecule has 0 unspecified atom stereocenters. The molecule has 0 heterocycles. The molecule has 0 aromatic carbocycles. The second-order valence-corrected chi connectivity index (χ2v) is 10.2. The predicted molar refractivity (Wildman–Crippen MR) is 59.9 cm³/mol. The number of hydrogen-bond acceptors (Lipinski definition) is 2. The van der Waals surface area contributed by atoms with E-state index in [0.717, 1.165) is 12.6 Å². The zero-order valence-corrected chi connectivity index (χ0v) is 10.2. The van der Waals surface area contributed by atoms with Gasteiger partial charge in [0, 0.05) is 52.4 Å². The van der Waals surface area contributed by atoms with Gasteiger partial charge in [-0.2, -0.15) is 0 Å². The Kier molecular flexibility index (Phi) is 4.31. The summed E-state index contributed by atoms with van der Waals surface area (Å²) in [7, 11) is -0.755. The molecule has 0 saturated heterocycles. The standard InChI is InChI=1S/C9H21NO2P/c1-9(2,10(11)12)7-6-8-13(3,4)5/h6-8H2,1-5H3/q+1. The summed E-state index contributed by atoms with van der Waals surface area (Å²) in [4.78, 5) is 10.4. The number of rotatable bonds is 5. The number of nitrogens with zero attached hydrogens (tertiary/aromatic N) is 1. The molecule has 0 radical (unpaired) electrons. The molecule has 0 amide bonds. The minimum Gasteiger partial charge on any atom is -0.264 e. The van der Waals surface area contributed by atoms with Crippen LogP contribution >= 0.6 is 7.26 Å². The van der Waals surface area contributed by atoms with Crippen LogP contribution in [-0.2, 0) is 0 Å². The molecule has 0 aliphatic rings. The van der Waals surface area contributed by atoms with Crippen molar-refractivity contribution >= 4 is 7.26 Å². The molecule has 0 bridgehead atoms. The van der Waals surface area contributed by atoms with Gasteiger partial charge in [0.2, 0.25) is 5.54 Å². The zero-order valence-electron chi connectivity index (χ0n) is 9.33. The summed E-state index contributed by atoms with van der Waals surface area (Å²) in [5, 5.41) is 10.6. The Labute approximate surface area is 81.4 Å². The lowest BCUT2D eigenvalue weighted by molar-refractivity contribution is -0.561. The zero-order chi connectivity index (χ0) is 10.7. The van der Waals surface area contributed by atoms with E-state index in [9.17, 15) is 10.1 Å². The average Bonchev–Trinajstić information content (AvgIpc) is 1.82. The lowest BCUT2D eigenvalue weighted by Gasteiger charge is -2.17. The Balaban J connectivity index is 3.84. The van der Waals surface area contributed by atoms with Gasteiger partial charge >= 0.3 is 0 Å². The van der Waals surface area contributed by atoms with Gasteiger partial charge in [0.05, 0.1) is 6.16 Å². The molecule has 0 aliphatic carbocycles. The van der Waals surface area contributed by atoms with Crippen LogP contribution in [-0.4, -0.2) is 36.6 Å². The van der Waals surface area contributed by atoms with Crippen LogP contribution in [0.1, 0.15) is 26.7 Å². The van der Waals surface area contributed by atoms with Crippen molar-refractivity contribution in [2.24, 2.45) is 0 Å². The SMILES string of the molecule is CC(C)(CCC[P+](C)(C)C)[N+](=O)[O-]. The first-order valence-corrected chi connectivity index (χ1v) is 7.92. The molecule has 0 rings (SSSR count). The molecule has 0 aromatic rings. The Morgan fingerprint density at radius 2 is 1.77 bits per heavy atom. The van der Waals surface area contributed by atoms with Crippen LogP contribution < -0.4 is 0 Å². The third-order valence-corrected chi connectivity index (χ3v) is 3.77. The molecule has 0 N–H and O–H groups in total. The first kappa shape index (κ1) is 12.8. The summed E-state index contributed by atoms with van der Waals surface area (Å²) >= 11 is 0. The second kappa shape index (κ2) is 4.36. The summed E-state index contributed by atoms with van der Waals surface area (Å²) in [6.45, 7) is 10.2. The lowest BCUT2D eigenvalue weighted by Crippen LogP contribution is -2.30. The largest absolute Gasteiger partial charge is 0.264 e. The van der Waals surface area contributed by atoms with E-state index < -0.39 is 12.8 Å². The summed E-state index contributed by atoms with van der Waals surface area (Å²) in [5.41, 5.74) is -0.741. The minimum atomic E-state index is -0.755. The first-order valence-electron chi connectivity index (χ1n) is 4.60. The van der Waals surface area contributed by atoms with Crippen LogP contribution in [0.5, 0.6) is 0 Å². The Morgan fingerprint density at radius 1 is 1.31 bits per heavy atom. The van der Waals surface area contributed by atoms with Crippen LogP contribution in [0.25, 0.3) is 0 Å². The molecule has 0 aromatic heterocycles. The fourth-order valence-corrected chi connectivity index (χ4v) is 2.18. The third-order valence-electron chi connectivity index (χ3n) is 2.11. The molecule has 0 saturated carbocycles. The lowest BCUT2D eigenvalue weighted by atomic mass is 10.0. The summed E-state index contributed by atoms with van der Waals surface area (Å²) < 4.78 is 0. The van der Waals surface area contributed by atoms with E-state index in [-0.39, 0.29) is 4.92 Å². The van der Waals surface area contributed by atoms with Gasteiger partial charge in [-0.25, -0.2) is 0 Å². The Morgan fingerprint density at radius 3 is 2.08 bits per heavy atom. The van der Waals surface area contributed by atoms with Crippen LogP contribution in [0.2, 0.25) is 0 Å².